The van der Waals surface area contributed by atoms with Gasteiger partial charge in [-0.05, 0) is 25.8 Å². The molecule has 3 unspecified atom stereocenters. The zero-order valence-electron chi connectivity index (χ0n) is 8.92. The molecule has 1 saturated heterocycles. The van der Waals surface area contributed by atoms with E-state index in [9.17, 15) is 8.78 Å². The number of rotatable bonds is 2. The molecule has 0 spiro atoms. The van der Waals surface area contributed by atoms with E-state index in [1.807, 2.05) is 6.92 Å². The Morgan fingerprint density at radius 3 is 2.69 bits per heavy atom. The topological polar surface area (TPSA) is 9.23 Å². The summed E-state index contributed by atoms with van der Waals surface area (Å²) in [6.07, 6.45) is 2.06. The molecule has 0 radical (unpaired) electrons. The first-order valence-corrected chi connectivity index (χ1v) is 6.24. The Hall–Kier alpha value is -0.480. The second-order valence-corrected chi connectivity index (χ2v) is 5.12. The first kappa shape index (κ1) is 12.0. The Labute approximate surface area is 102 Å². The van der Waals surface area contributed by atoms with Gasteiger partial charge in [-0.3, -0.25) is 0 Å². The van der Waals surface area contributed by atoms with Crippen molar-refractivity contribution in [3.8, 4) is 0 Å². The summed E-state index contributed by atoms with van der Waals surface area (Å²) in [6.45, 7) is 2.00. The number of ether oxygens (including phenoxy) is 1. The van der Waals surface area contributed by atoms with Crippen LogP contribution >= 0.6 is 15.9 Å². The van der Waals surface area contributed by atoms with E-state index in [4.69, 9.17) is 4.74 Å². The Kier molecular flexibility index (Phi) is 3.60. The lowest BCUT2D eigenvalue weighted by atomic mass is 10.0. The van der Waals surface area contributed by atoms with Crippen LogP contribution in [0.1, 0.15) is 30.2 Å². The molecule has 0 saturated carbocycles. The van der Waals surface area contributed by atoms with E-state index in [1.165, 1.54) is 12.1 Å². The van der Waals surface area contributed by atoms with E-state index in [-0.39, 0.29) is 17.0 Å². The minimum atomic E-state index is -0.554. The fourth-order valence-electron chi connectivity index (χ4n) is 1.97. The van der Waals surface area contributed by atoms with Gasteiger partial charge in [0, 0.05) is 11.6 Å². The zero-order chi connectivity index (χ0) is 11.7. The van der Waals surface area contributed by atoms with E-state index in [2.05, 4.69) is 15.9 Å². The Bertz CT molecular complexity index is 383. The van der Waals surface area contributed by atoms with Crippen LogP contribution in [0.5, 0.6) is 0 Å². The number of alkyl halides is 1. The van der Waals surface area contributed by atoms with Crippen LogP contribution in [-0.4, -0.2) is 12.2 Å². The SMILES string of the molecule is CC1CCC(C(Br)c2ccc(F)cc2F)O1. The molecule has 1 aromatic rings. The largest absolute Gasteiger partial charge is 0.374 e. The van der Waals surface area contributed by atoms with Gasteiger partial charge in [-0.2, -0.15) is 0 Å². The number of benzene rings is 1. The van der Waals surface area contributed by atoms with Gasteiger partial charge < -0.3 is 4.74 Å². The maximum atomic E-state index is 13.5. The van der Waals surface area contributed by atoms with Crippen LogP contribution in [-0.2, 0) is 4.74 Å². The van der Waals surface area contributed by atoms with Crippen LogP contribution in [0, 0.1) is 11.6 Å². The third kappa shape index (κ3) is 2.43. The Balaban J connectivity index is 2.17. The van der Waals surface area contributed by atoms with Crippen molar-refractivity contribution in [2.45, 2.75) is 36.8 Å². The minimum Gasteiger partial charge on any atom is -0.374 e. The molecular weight excluding hydrogens is 278 g/mol. The first-order chi connectivity index (χ1) is 7.58. The third-order valence-corrected chi connectivity index (χ3v) is 3.93. The summed E-state index contributed by atoms with van der Waals surface area (Å²) >= 11 is 3.43. The molecule has 16 heavy (non-hydrogen) atoms. The zero-order valence-corrected chi connectivity index (χ0v) is 10.5. The van der Waals surface area contributed by atoms with Crippen LogP contribution in [0.2, 0.25) is 0 Å². The van der Waals surface area contributed by atoms with Crippen molar-refractivity contribution < 1.29 is 13.5 Å². The van der Waals surface area contributed by atoms with Crippen LogP contribution < -0.4 is 0 Å². The first-order valence-electron chi connectivity index (χ1n) is 5.32. The van der Waals surface area contributed by atoms with Gasteiger partial charge >= 0.3 is 0 Å². The molecule has 0 aliphatic carbocycles. The molecule has 0 N–H and O–H groups in total. The fourth-order valence-corrected chi connectivity index (χ4v) is 2.73. The lowest BCUT2D eigenvalue weighted by Gasteiger charge is -2.18. The molecular formula is C12H13BrF2O. The van der Waals surface area contributed by atoms with Crippen molar-refractivity contribution in [2.75, 3.05) is 0 Å². The molecule has 2 rings (SSSR count). The van der Waals surface area contributed by atoms with E-state index >= 15 is 0 Å². The second-order valence-electron chi connectivity index (χ2n) is 4.13. The van der Waals surface area contributed by atoms with Gasteiger partial charge in [-0.1, -0.05) is 22.0 Å². The molecule has 0 amide bonds. The summed E-state index contributed by atoms with van der Waals surface area (Å²) < 4.78 is 31.9. The molecule has 0 bridgehead atoms. The molecule has 4 heteroatoms. The summed E-state index contributed by atoms with van der Waals surface area (Å²) in [4.78, 5) is -0.210. The predicted molar refractivity (Wildman–Crippen MR) is 61.6 cm³/mol. The lowest BCUT2D eigenvalue weighted by Crippen LogP contribution is -2.15. The smallest absolute Gasteiger partial charge is 0.130 e. The summed E-state index contributed by atoms with van der Waals surface area (Å²) in [5, 5.41) is 0. The number of halogens is 3. The average molecular weight is 291 g/mol. The quantitative estimate of drug-likeness (QED) is 0.749. The van der Waals surface area contributed by atoms with Crippen LogP contribution in [0.4, 0.5) is 8.78 Å². The van der Waals surface area contributed by atoms with Crippen LogP contribution in [0.25, 0.3) is 0 Å². The second kappa shape index (κ2) is 4.80. The van der Waals surface area contributed by atoms with Crippen molar-refractivity contribution in [3.63, 3.8) is 0 Å². The lowest BCUT2D eigenvalue weighted by molar-refractivity contribution is 0.0551. The Morgan fingerprint density at radius 2 is 2.12 bits per heavy atom. The van der Waals surface area contributed by atoms with Gasteiger partial charge in [0.15, 0.2) is 0 Å². The van der Waals surface area contributed by atoms with Crippen molar-refractivity contribution in [1.29, 1.82) is 0 Å². The molecule has 1 nitrogen and oxygen atoms in total. The van der Waals surface area contributed by atoms with Gasteiger partial charge in [-0.25, -0.2) is 8.78 Å². The molecule has 0 aromatic heterocycles. The van der Waals surface area contributed by atoms with E-state index in [1.54, 1.807) is 0 Å². The molecule has 88 valence electrons. The Morgan fingerprint density at radius 1 is 1.38 bits per heavy atom. The maximum Gasteiger partial charge on any atom is 0.130 e. The van der Waals surface area contributed by atoms with Crippen LogP contribution in [0.15, 0.2) is 18.2 Å². The highest BCUT2D eigenvalue weighted by molar-refractivity contribution is 9.09. The van der Waals surface area contributed by atoms with Crippen molar-refractivity contribution in [1.82, 2.24) is 0 Å². The molecule has 1 aliphatic heterocycles. The number of hydrogen-bond donors (Lipinski definition) is 0. The van der Waals surface area contributed by atoms with E-state index in [0.29, 0.717) is 5.56 Å². The van der Waals surface area contributed by atoms with Crippen molar-refractivity contribution in [3.05, 3.63) is 35.4 Å². The molecule has 1 heterocycles. The summed E-state index contributed by atoms with van der Waals surface area (Å²) in [6, 6.07) is 3.64. The van der Waals surface area contributed by atoms with Crippen LogP contribution in [0.3, 0.4) is 0 Å². The van der Waals surface area contributed by atoms with E-state index < -0.39 is 11.6 Å². The van der Waals surface area contributed by atoms with Crippen molar-refractivity contribution in [2.24, 2.45) is 0 Å². The highest BCUT2D eigenvalue weighted by Gasteiger charge is 2.30. The number of hydrogen-bond acceptors (Lipinski definition) is 1. The summed E-state index contributed by atoms with van der Waals surface area (Å²) in [5.74, 6) is -1.08. The minimum absolute atomic E-state index is 0.0324. The van der Waals surface area contributed by atoms with Gasteiger partial charge in [0.25, 0.3) is 0 Å². The van der Waals surface area contributed by atoms with Crippen molar-refractivity contribution >= 4 is 15.9 Å². The van der Waals surface area contributed by atoms with Gasteiger partial charge in [0.05, 0.1) is 17.0 Å². The molecule has 1 aromatic carbocycles. The highest BCUT2D eigenvalue weighted by atomic mass is 79.9. The fraction of sp³-hybridized carbons (Fsp3) is 0.500. The summed E-state index contributed by atoms with van der Waals surface area (Å²) in [7, 11) is 0. The van der Waals surface area contributed by atoms with E-state index in [0.717, 1.165) is 18.9 Å². The van der Waals surface area contributed by atoms with Gasteiger partial charge in [-0.15, -0.1) is 0 Å². The predicted octanol–water partition coefficient (Wildman–Crippen LogP) is 3.97. The molecule has 3 atom stereocenters. The maximum absolute atomic E-state index is 13.5. The third-order valence-electron chi connectivity index (χ3n) is 2.85. The highest BCUT2D eigenvalue weighted by Crippen LogP contribution is 2.37. The van der Waals surface area contributed by atoms with Gasteiger partial charge in [0.2, 0.25) is 0 Å². The van der Waals surface area contributed by atoms with Gasteiger partial charge in [0.1, 0.15) is 11.6 Å². The average Bonchev–Trinajstić information content (AvgIpc) is 2.64. The molecule has 1 aliphatic rings. The molecule has 1 fully saturated rings. The monoisotopic (exact) mass is 290 g/mol. The summed E-state index contributed by atoms with van der Waals surface area (Å²) in [5.41, 5.74) is 0.459. The standard InChI is InChI=1S/C12H13BrF2O/c1-7-2-5-11(16-7)12(13)9-4-3-8(14)6-10(9)15/h3-4,6-7,11-12H,2,5H2,1H3. The normalized spacial score (nSPS) is 27.0.